The minimum atomic E-state index is -0.620. The standard InChI is InChI=1S/C20H24BrNO6/c1-4-14-10-13(11-27-14)22(20(24)26-6-3)17-15-9-12(21)7-8-16(15)28-18(17)19(23)25-5-2/h7-9,13-14H,4-6,10-11H2,1-3H3/t13-,14+/m0/s1. The van der Waals surface area contributed by atoms with Gasteiger partial charge in [0.05, 0.1) is 32.0 Å². The molecule has 1 aromatic heterocycles. The van der Waals surface area contributed by atoms with Gasteiger partial charge >= 0.3 is 12.1 Å². The number of furan rings is 1. The van der Waals surface area contributed by atoms with Gasteiger partial charge in [0.1, 0.15) is 11.3 Å². The molecular formula is C20H24BrNO6. The zero-order valence-electron chi connectivity index (χ0n) is 16.2. The van der Waals surface area contributed by atoms with Crippen LogP contribution < -0.4 is 4.90 Å². The third-order valence-electron chi connectivity index (χ3n) is 4.67. The second-order valence-corrected chi connectivity index (χ2v) is 7.38. The molecule has 3 rings (SSSR count). The number of ether oxygens (including phenoxy) is 3. The third kappa shape index (κ3) is 4.03. The summed E-state index contributed by atoms with van der Waals surface area (Å²) >= 11 is 3.45. The summed E-state index contributed by atoms with van der Waals surface area (Å²) in [4.78, 5) is 27.0. The van der Waals surface area contributed by atoms with Gasteiger partial charge in [-0.2, -0.15) is 0 Å². The van der Waals surface area contributed by atoms with Crippen molar-refractivity contribution in [3.63, 3.8) is 0 Å². The summed E-state index contributed by atoms with van der Waals surface area (Å²) in [6.45, 7) is 6.27. The highest BCUT2D eigenvalue weighted by molar-refractivity contribution is 9.10. The van der Waals surface area contributed by atoms with Crippen LogP contribution in [0.5, 0.6) is 0 Å². The molecule has 0 spiro atoms. The molecule has 0 aliphatic carbocycles. The molecule has 1 amide bonds. The molecule has 0 saturated carbocycles. The molecule has 28 heavy (non-hydrogen) atoms. The molecule has 0 radical (unpaired) electrons. The maximum Gasteiger partial charge on any atom is 0.414 e. The molecule has 1 aromatic carbocycles. The van der Waals surface area contributed by atoms with Crippen molar-refractivity contribution in [3.05, 3.63) is 28.4 Å². The van der Waals surface area contributed by atoms with E-state index in [1.807, 2.05) is 19.1 Å². The topological polar surface area (TPSA) is 78.2 Å². The molecule has 1 saturated heterocycles. The number of carbonyl (C=O) groups is 2. The largest absolute Gasteiger partial charge is 0.460 e. The summed E-state index contributed by atoms with van der Waals surface area (Å²) in [5.41, 5.74) is 0.847. The Bertz CT molecular complexity index is 864. The van der Waals surface area contributed by atoms with Crippen LogP contribution >= 0.6 is 15.9 Å². The Morgan fingerprint density at radius 1 is 1.21 bits per heavy atom. The van der Waals surface area contributed by atoms with Crippen LogP contribution in [0.2, 0.25) is 0 Å². The second kappa shape index (κ2) is 8.96. The smallest absolute Gasteiger partial charge is 0.414 e. The van der Waals surface area contributed by atoms with Gasteiger partial charge in [-0.3, -0.25) is 4.90 Å². The van der Waals surface area contributed by atoms with Crippen LogP contribution in [0.4, 0.5) is 10.5 Å². The average molecular weight is 454 g/mol. The van der Waals surface area contributed by atoms with E-state index in [0.717, 1.165) is 10.9 Å². The Balaban J connectivity index is 2.16. The number of hydrogen-bond acceptors (Lipinski definition) is 6. The van der Waals surface area contributed by atoms with Crippen molar-refractivity contribution in [2.45, 2.75) is 45.8 Å². The highest BCUT2D eigenvalue weighted by Crippen LogP contribution is 2.39. The molecule has 0 unspecified atom stereocenters. The average Bonchev–Trinajstić information content (AvgIpc) is 3.28. The van der Waals surface area contributed by atoms with E-state index >= 15 is 0 Å². The van der Waals surface area contributed by atoms with E-state index in [4.69, 9.17) is 18.6 Å². The van der Waals surface area contributed by atoms with Crippen molar-refractivity contribution in [3.8, 4) is 0 Å². The summed E-state index contributed by atoms with van der Waals surface area (Å²) in [7, 11) is 0. The maximum absolute atomic E-state index is 12.9. The molecular weight excluding hydrogens is 430 g/mol. The van der Waals surface area contributed by atoms with E-state index in [1.165, 1.54) is 4.90 Å². The van der Waals surface area contributed by atoms with Crippen LogP contribution in [0.25, 0.3) is 11.0 Å². The predicted molar refractivity (Wildman–Crippen MR) is 108 cm³/mol. The number of nitrogens with zero attached hydrogens (tertiary/aromatic N) is 1. The zero-order valence-corrected chi connectivity index (χ0v) is 17.8. The number of amides is 1. The number of esters is 1. The fourth-order valence-electron chi connectivity index (χ4n) is 3.40. The van der Waals surface area contributed by atoms with Crippen LogP contribution in [0.15, 0.2) is 27.1 Å². The number of benzene rings is 1. The SMILES string of the molecule is CCOC(=O)c1oc2ccc(Br)cc2c1N(C(=O)OCC)[C@@H]1CO[C@H](CC)C1. The molecule has 152 valence electrons. The first-order valence-corrected chi connectivity index (χ1v) is 10.3. The van der Waals surface area contributed by atoms with E-state index in [9.17, 15) is 9.59 Å². The fraction of sp³-hybridized carbons (Fsp3) is 0.500. The Morgan fingerprint density at radius 3 is 2.61 bits per heavy atom. The van der Waals surface area contributed by atoms with Gasteiger partial charge in [-0.1, -0.05) is 22.9 Å². The predicted octanol–water partition coefficient (Wildman–Crippen LogP) is 4.90. The van der Waals surface area contributed by atoms with Gasteiger partial charge in [-0.15, -0.1) is 0 Å². The Kier molecular flexibility index (Phi) is 6.61. The number of rotatable bonds is 6. The van der Waals surface area contributed by atoms with Crippen molar-refractivity contribution >= 4 is 44.6 Å². The first-order valence-electron chi connectivity index (χ1n) is 9.46. The first-order chi connectivity index (χ1) is 13.5. The molecule has 8 heteroatoms. The lowest BCUT2D eigenvalue weighted by Crippen LogP contribution is -2.42. The molecule has 2 aromatic rings. The number of anilines is 1. The molecule has 1 fully saturated rings. The molecule has 0 bridgehead atoms. The maximum atomic E-state index is 12.9. The number of carbonyl (C=O) groups excluding carboxylic acids is 2. The van der Waals surface area contributed by atoms with E-state index < -0.39 is 12.1 Å². The van der Waals surface area contributed by atoms with Crippen molar-refractivity contribution in [2.75, 3.05) is 24.7 Å². The van der Waals surface area contributed by atoms with Crippen molar-refractivity contribution in [1.82, 2.24) is 0 Å². The minimum absolute atomic E-state index is 0.0112. The van der Waals surface area contributed by atoms with Gasteiger partial charge in [-0.25, -0.2) is 9.59 Å². The monoisotopic (exact) mass is 453 g/mol. The lowest BCUT2D eigenvalue weighted by molar-refractivity contribution is 0.0493. The Labute approximate surface area is 172 Å². The number of fused-ring (bicyclic) bond motifs is 1. The summed E-state index contributed by atoms with van der Waals surface area (Å²) < 4.78 is 22.9. The molecule has 2 heterocycles. The highest BCUT2D eigenvalue weighted by atomic mass is 79.9. The van der Waals surface area contributed by atoms with Crippen molar-refractivity contribution < 1.29 is 28.2 Å². The van der Waals surface area contributed by atoms with Gasteiger partial charge in [0, 0.05) is 9.86 Å². The molecule has 1 aliphatic rings. The summed E-state index contributed by atoms with van der Waals surface area (Å²) in [5.74, 6) is -0.631. The van der Waals surface area contributed by atoms with Crippen molar-refractivity contribution in [1.29, 1.82) is 0 Å². The Hall–Kier alpha value is -2.06. The van der Waals surface area contributed by atoms with Crippen LogP contribution in [-0.4, -0.2) is 44.0 Å². The lowest BCUT2D eigenvalue weighted by atomic mass is 10.1. The van der Waals surface area contributed by atoms with Gasteiger partial charge in [0.15, 0.2) is 0 Å². The van der Waals surface area contributed by atoms with Crippen molar-refractivity contribution in [2.24, 2.45) is 0 Å². The van der Waals surface area contributed by atoms with E-state index in [2.05, 4.69) is 15.9 Å². The lowest BCUT2D eigenvalue weighted by Gasteiger charge is -2.27. The molecule has 2 atom stereocenters. The summed E-state index contributed by atoms with van der Waals surface area (Å²) in [6, 6.07) is 5.10. The fourth-order valence-corrected chi connectivity index (χ4v) is 3.76. The minimum Gasteiger partial charge on any atom is -0.460 e. The van der Waals surface area contributed by atoms with E-state index in [1.54, 1.807) is 19.9 Å². The van der Waals surface area contributed by atoms with Gasteiger partial charge in [-0.05, 0) is 44.9 Å². The summed E-state index contributed by atoms with van der Waals surface area (Å²) in [6.07, 6.45) is 1.01. The number of halogens is 1. The molecule has 0 N–H and O–H groups in total. The van der Waals surface area contributed by atoms with Gasteiger partial charge in [0.25, 0.3) is 0 Å². The summed E-state index contributed by atoms with van der Waals surface area (Å²) in [5, 5.41) is 0.630. The van der Waals surface area contributed by atoms with Crippen LogP contribution in [0.3, 0.4) is 0 Å². The quantitative estimate of drug-likeness (QED) is 0.578. The van der Waals surface area contributed by atoms with Gasteiger partial charge < -0.3 is 18.6 Å². The highest BCUT2D eigenvalue weighted by Gasteiger charge is 2.39. The zero-order chi connectivity index (χ0) is 20.3. The van der Waals surface area contributed by atoms with Gasteiger partial charge in [0.2, 0.25) is 5.76 Å². The first kappa shape index (κ1) is 20.7. The second-order valence-electron chi connectivity index (χ2n) is 6.46. The van der Waals surface area contributed by atoms with Crippen LogP contribution in [0, 0.1) is 0 Å². The number of hydrogen-bond donors (Lipinski definition) is 0. The van der Waals surface area contributed by atoms with Crippen LogP contribution in [-0.2, 0) is 14.2 Å². The van der Waals surface area contributed by atoms with Crippen LogP contribution in [0.1, 0.15) is 44.2 Å². The van der Waals surface area contributed by atoms with E-state index in [0.29, 0.717) is 29.7 Å². The molecule has 7 nitrogen and oxygen atoms in total. The van der Waals surface area contributed by atoms with E-state index in [-0.39, 0.29) is 31.1 Å². The Morgan fingerprint density at radius 2 is 1.96 bits per heavy atom. The normalized spacial score (nSPS) is 19.0. The molecule has 1 aliphatic heterocycles. The third-order valence-corrected chi connectivity index (χ3v) is 5.16.